The highest BCUT2D eigenvalue weighted by Crippen LogP contribution is 2.21. The number of carbonyl (C=O) groups excluding carboxylic acids is 1. The predicted molar refractivity (Wildman–Crippen MR) is 96.1 cm³/mol. The number of hydrogen-bond acceptors (Lipinski definition) is 5. The molecule has 0 bridgehead atoms. The SMILES string of the molecule is O=C(Nc1ccccc1)c1cc(COc2ccc([N+](=O)[O-])cc2)cs1. The van der Waals surface area contributed by atoms with Crippen LogP contribution in [0.5, 0.6) is 5.75 Å². The Labute approximate surface area is 147 Å². The highest BCUT2D eigenvalue weighted by molar-refractivity contribution is 7.12. The van der Waals surface area contributed by atoms with E-state index in [1.807, 2.05) is 35.7 Å². The number of carbonyl (C=O) groups is 1. The van der Waals surface area contributed by atoms with Crippen molar-refractivity contribution in [1.29, 1.82) is 0 Å². The summed E-state index contributed by atoms with van der Waals surface area (Å²) in [5.41, 5.74) is 1.62. The molecule has 1 heterocycles. The zero-order chi connectivity index (χ0) is 17.6. The average molecular weight is 354 g/mol. The van der Waals surface area contributed by atoms with Crippen LogP contribution in [-0.4, -0.2) is 10.8 Å². The second-order valence-electron chi connectivity index (χ2n) is 5.18. The van der Waals surface area contributed by atoms with Crippen LogP contribution in [0.4, 0.5) is 11.4 Å². The van der Waals surface area contributed by atoms with E-state index in [-0.39, 0.29) is 18.2 Å². The summed E-state index contributed by atoms with van der Waals surface area (Å²) >= 11 is 1.34. The van der Waals surface area contributed by atoms with E-state index in [9.17, 15) is 14.9 Å². The molecule has 0 saturated heterocycles. The van der Waals surface area contributed by atoms with Crippen LogP contribution in [0.3, 0.4) is 0 Å². The molecule has 3 aromatic rings. The van der Waals surface area contributed by atoms with Gasteiger partial charge in [-0.1, -0.05) is 18.2 Å². The maximum absolute atomic E-state index is 12.2. The van der Waals surface area contributed by atoms with Crippen molar-refractivity contribution in [3.63, 3.8) is 0 Å². The van der Waals surface area contributed by atoms with E-state index in [4.69, 9.17) is 4.74 Å². The van der Waals surface area contributed by atoms with Crippen LogP contribution in [0.15, 0.2) is 66.0 Å². The van der Waals surface area contributed by atoms with Crippen LogP contribution in [0.25, 0.3) is 0 Å². The third-order valence-corrected chi connectivity index (χ3v) is 4.34. The molecule has 1 N–H and O–H groups in total. The molecule has 0 aliphatic carbocycles. The minimum absolute atomic E-state index is 0.0164. The molecule has 2 aromatic carbocycles. The molecule has 0 aliphatic heterocycles. The molecule has 0 radical (unpaired) electrons. The van der Waals surface area contributed by atoms with Gasteiger partial charge in [-0.05, 0) is 35.7 Å². The van der Waals surface area contributed by atoms with Crippen molar-refractivity contribution in [3.8, 4) is 5.75 Å². The molecule has 0 spiro atoms. The van der Waals surface area contributed by atoms with E-state index in [1.54, 1.807) is 18.2 Å². The molecule has 3 rings (SSSR count). The topological polar surface area (TPSA) is 81.5 Å². The number of non-ortho nitro benzene ring substituents is 1. The number of nitrogens with one attached hydrogen (secondary N) is 1. The number of rotatable bonds is 6. The number of nitro groups is 1. The fourth-order valence-corrected chi connectivity index (χ4v) is 2.91. The number of ether oxygens (including phenoxy) is 1. The van der Waals surface area contributed by atoms with Crippen LogP contribution in [0.1, 0.15) is 15.2 Å². The van der Waals surface area contributed by atoms with Crippen molar-refractivity contribution in [2.75, 3.05) is 5.32 Å². The first-order valence-corrected chi connectivity index (χ1v) is 8.31. The van der Waals surface area contributed by atoms with Crippen LogP contribution in [-0.2, 0) is 6.61 Å². The van der Waals surface area contributed by atoms with E-state index in [0.29, 0.717) is 10.6 Å². The van der Waals surface area contributed by atoms with E-state index in [0.717, 1.165) is 11.3 Å². The van der Waals surface area contributed by atoms with Gasteiger partial charge in [-0.3, -0.25) is 14.9 Å². The van der Waals surface area contributed by atoms with Crippen molar-refractivity contribution < 1.29 is 14.5 Å². The first-order chi connectivity index (χ1) is 12.1. The van der Waals surface area contributed by atoms with Gasteiger partial charge in [0.15, 0.2) is 0 Å². The summed E-state index contributed by atoms with van der Waals surface area (Å²) in [6.45, 7) is 0.285. The summed E-state index contributed by atoms with van der Waals surface area (Å²) in [5.74, 6) is 0.366. The summed E-state index contributed by atoms with van der Waals surface area (Å²) in [5, 5.41) is 15.3. The summed E-state index contributed by atoms with van der Waals surface area (Å²) in [4.78, 5) is 22.9. The molecule has 0 fully saturated rings. The van der Waals surface area contributed by atoms with Crippen molar-refractivity contribution in [2.45, 2.75) is 6.61 Å². The summed E-state index contributed by atoms with van der Waals surface area (Å²) in [7, 11) is 0. The molecular weight excluding hydrogens is 340 g/mol. The normalized spacial score (nSPS) is 10.2. The fraction of sp³-hybridized carbons (Fsp3) is 0.0556. The molecule has 1 aromatic heterocycles. The first-order valence-electron chi connectivity index (χ1n) is 7.43. The Hall–Kier alpha value is -3.19. The number of benzene rings is 2. The maximum atomic E-state index is 12.2. The number of hydrogen-bond donors (Lipinski definition) is 1. The van der Waals surface area contributed by atoms with Gasteiger partial charge >= 0.3 is 0 Å². The standard InChI is InChI=1S/C18H14N2O4S/c21-18(19-14-4-2-1-3-5-14)17-10-13(12-25-17)11-24-16-8-6-15(7-9-16)20(22)23/h1-10,12H,11H2,(H,19,21). The zero-order valence-electron chi connectivity index (χ0n) is 13.0. The predicted octanol–water partition coefficient (Wildman–Crippen LogP) is 4.49. The van der Waals surface area contributed by atoms with Gasteiger partial charge in [-0.2, -0.15) is 0 Å². The van der Waals surface area contributed by atoms with Gasteiger partial charge in [0.2, 0.25) is 0 Å². The Balaban J connectivity index is 1.58. The smallest absolute Gasteiger partial charge is 0.269 e. The lowest BCUT2D eigenvalue weighted by atomic mass is 10.3. The van der Waals surface area contributed by atoms with Crippen molar-refractivity contribution in [3.05, 3.63) is 86.6 Å². The third-order valence-electron chi connectivity index (χ3n) is 3.36. The molecule has 126 valence electrons. The van der Waals surface area contributed by atoms with E-state index >= 15 is 0 Å². The molecule has 1 amide bonds. The highest BCUT2D eigenvalue weighted by atomic mass is 32.1. The fourth-order valence-electron chi connectivity index (χ4n) is 2.12. The third kappa shape index (κ3) is 4.42. The zero-order valence-corrected chi connectivity index (χ0v) is 13.9. The second kappa shape index (κ2) is 7.59. The lowest BCUT2D eigenvalue weighted by Gasteiger charge is -2.04. The Morgan fingerprint density at radius 2 is 1.84 bits per heavy atom. The van der Waals surface area contributed by atoms with Crippen molar-refractivity contribution >= 4 is 28.6 Å². The Morgan fingerprint density at radius 1 is 1.12 bits per heavy atom. The molecule has 0 aliphatic rings. The molecule has 7 heteroatoms. The van der Waals surface area contributed by atoms with Crippen LogP contribution in [0, 0.1) is 10.1 Å². The monoisotopic (exact) mass is 354 g/mol. The van der Waals surface area contributed by atoms with Crippen LogP contribution in [0.2, 0.25) is 0 Å². The molecule has 0 unspecified atom stereocenters. The average Bonchev–Trinajstić information content (AvgIpc) is 3.10. The van der Waals surface area contributed by atoms with E-state index in [2.05, 4.69) is 5.32 Å². The second-order valence-corrected chi connectivity index (χ2v) is 6.09. The largest absolute Gasteiger partial charge is 0.489 e. The van der Waals surface area contributed by atoms with E-state index < -0.39 is 4.92 Å². The van der Waals surface area contributed by atoms with E-state index in [1.165, 1.54) is 23.5 Å². The Bertz CT molecular complexity index is 876. The minimum atomic E-state index is -0.458. The number of thiophene rings is 1. The number of amides is 1. The molecule has 0 atom stereocenters. The van der Waals surface area contributed by atoms with Crippen molar-refractivity contribution in [2.24, 2.45) is 0 Å². The lowest BCUT2D eigenvalue weighted by Crippen LogP contribution is -2.09. The Kier molecular flexibility index (Phi) is 5.06. The summed E-state index contributed by atoms with van der Waals surface area (Å²) in [6.07, 6.45) is 0. The Morgan fingerprint density at radius 3 is 2.52 bits per heavy atom. The molecule has 0 saturated carbocycles. The van der Waals surface area contributed by atoms with Gasteiger partial charge in [-0.25, -0.2) is 0 Å². The number of para-hydroxylation sites is 1. The maximum Gasteiger partial charge on any atom is 0.269 e. The highest BCUT2D eigenvalue weighted by Gasteiger charge is 2.10. The van der Waals surface area contributed by atoms with Crippen molar-refractivity contribution in [1.82, 2.24) is 0 Å². The van der Waals surface area contributed by atoms with Gasteiger partial charge in [0.25, 0.3) is 11.6 Å². The lowest BCUT2D eigenvalue weighted by molar-refractivity contribution is -0.384. The number of nitro benzene ring substituents is 1. The van der Waals surface area contributed by atoms with Gasteiger partial charge < -0.3 is 10.1 Å². The molecular formula is C18H14N2O4S. The van der Waals surface area contributed by atoms with Gasteiger partial charge in [-0.15, -0.1) is 11.3 Å². The van der Waals surface area contributed by atoms with Crippen LogP contribution >= 0.6 is 11.3 Å². The molecule has 6 nitrogen and oxygen atoms in total. The summed E-state index contributed by atoms with van der Waals surface area (Å²) < 4.78 is 5.59. The number of anilines is 1. The quantitative estimate of drug-likeness (QED) is 0.522. The molecule has 25 heavy (non-hydrogen) atoms. The van der Waals surface area contributed by atoms with Gasteiger partial charge in [0, 0.05) is 23.4 Å². The van der Waals surface area contributed by atoms with Gasteiger partial charge in [0.1, 0.15) is 12.4 Å². The first kappa shape index (κ1) is 16.7. The summed E-state index contributed by atoms with van der Waals surface area (Å²) in [6, 6.07) is 16.9. The van der Waals surface area contributed by atoms with Crippen LogP contribution < -0.4 is 10.1 Å². The van der Waals surface area contributed by atoms with Gasteiger partial charge in [0.05, 0.1) is 9.80 Å². The minimum Gasteiger partial charge on any atom is -0.489 e. The number of nitrogens with zero attached hydrogens (tertiary/aromatic N) is 1.